The van der Waals surface area contributed by atoms with Gasteiger partial charge >= 0.3 is 0 Å². The maximum absolute atomic E-state index is 12.2. The zero-order chi connectivity index (χ0) is 14.1. The number of nitrogens with zero attached hydrogens (tertiary/aromatic N) is 4. The maximum Gasteiger partial charge on any atom is 0.255 e. The summed E-state index contributed by atoms with van der Waals surface area (Å²) in [5.41, 5.74) is 0.636. The van der Waals surface area contributed by atoms with Crippen LogP contribution in [0.25, 0.3) is 0 Å². The number of carbonyl (C=O) groups is 1. The number of hydrogen-bond donors (Lipinski definition) is 0. The third-order valence-electron chi connectivity index (χ3n) is 3.57. The van der Waals surface area contributed by atoms with Crippen molar-refractivity contribution in [1.29, 1.82) is 0 Å². The van der Waals surface area contributed by atoms with E-state index in [1.165, 1.54) is 0 Å². The highest BCUT2D eigenvalue weighted by atomic mass is 79.9. The maximum atomic E-state index is 12.2. The van der Waals surface area contributed by atoms with Crippen LogP contribution in [-0.4, -0.2) is 38.4 Å². The Kier molecular flexibility index (Phi) is 3.56. The molecule has 0 radical (unpaired) electrons. The first-order chi connectivity index (χ1) is 9.63. The molecule has 0 atom stereocenters. The predicted octanol–water partition coefficient (Wildman–Crippen LogP) is 2.12. The van der Waals surface area contributed by atoms with Crippen LogP contribution in [0.5, 0.6) is 0 Å². The van der Waals surface area contributed by atoms with Crippen molar-refractivity contribution in [3.63, 3.8) is 0 Å². The smallest absolute Gasteiger partial charge is 0.255 e. The monoisotopic (exact) mass is 334 g/mol. The number of rotatable bonds is 3. The summed E-state index contributed by atoms with van der Waals surface area (Å²) >= 11 is 3.34. The second kappa shape index (κ2) is 5.36. The van der Waals surface area contributed by atoms with Gasteiger partial charge in [-0.25, -0.2) is 4.98 Å². The summed E-state index contributed by atoms with van der Waals surface area (Å²) in [6.45, 7) is 4.51. The molecule has 0 saturated carbocycles. The molecule has 5 nitrogen and oxygen atoms in total. The summed E-state index contributed by atoms with van der Waals surface area (Å²) in [5.74, 6) is 1.58. The van der Waals surface area contributed by atoms with Gasteiger partial charge in [0.2, 0.25) is 0 Å². The molecule has 20 heavy (non-hydrogen) atoms. The first kappa shape index (κ1) is 13.3. The highest BCUT2D eigenvalue weighted by Gasteiger charge is 2.31. The van der Waals surface area contributed by atoms with E-state index in [0.717, 1.165) is 29.9 Å². The minimum atomic E-state index is 0.0532. The van der Waals surface area contributed by atoms with Crippen molar-refractivity contribution in [2.75, 3.05) is 13.1 Å². The fourth-order valence-electron chi connectivity index (χ4n) is 2.44. The van der Waals surface area contributed by atoms with E-state index in [1.807, 2.05) is 30.3 Å². The Morgan fingerprint density at radius 3 is 2.90 bits per heavy atom. The van der Waals surface area contributed by atoms with Gasteiger partial charge in [-0.1, -0.05) is 0 Å². The highest BCUT2D eigenvalue weighted by Crippen LogP contribution is 2.21. The Hall–Kier alpha value is -1.69. The van der Waals surface area contributed by atoms with Crippen molar-refractivity contribution in [2.45, 2.75) is 13.5 Å². The van der Waals surface area contributed by atoms with Gasteiger partial charge in [0.05, 0.1) is 5.56 Å². The first-order valence-electron chi connectivity index (χ1n) is 6.51. The fourth-order valence-corrected chi connectivity index (χ4v) is 2.80. The lowest BCUT2D eigenvalue weighted by molar-refractivity contribution is 0.0467. The van der Waals surface area contributed by atoms with Crippen molar-refractivity contribution >= 4 is 21.8 Å². The normalized spacial score (nSPS) is 15.2. The SMILES string of the molecule is Cc1nccn1CC1CN(C(=O)c2cncc(Br)c2)C1. The molecule has 0 unspecified atom stereocenters. The summed E-state index contributed by atoms with van der Waals surface area (Å²) in [6.07, 6.45) is 7.08. The predicted molar refractivity (Wildman–Crippen MR) is 78.3 cm³/mol. The zero-order valence-corrected chi connectivity index (χ0v) is 12.7. The third-order valence-corrected chi connectivity index (χ3v) is 4.01. The number of amides is 1. The third kappa shape index (κ3) is 2.60. The molecule has 1 aliphatic rings. The van der Waals surface area contributed by atoms with Gasteiger partial charge in [0.1, 0.15) is 5.82 Å². The molecule has 104 valence electrons. The average molecular weight is 335 g/mol. The quantitative estimate of drug-likeness (QED) is 0.863. The Bertz CT molecular complexity index is 634. The van der Waals surface area contributed by atoms with E-state index in [2.05, 4.69) is 30.5 Å². The van der Waals surface area contributed by atoms with Crippen molar-refractivity contribution in [3.8, 4) is 0 Å². The fraction of sp³-hybridized carbons (Fsp3) is 0.357. The molecule has 0 aromatic carbocycles. The Labute approximate surface area is 125 Å². The second-order valence-corrected chi connectivity index (χ2v) is 6.01. The van der Waals surface area contributed by atoms with E-state index >= 15 is 0 Å². The van der Waals surface area contributed by atoms with E-state index in [0.29, 0.717) is 11.5 Å². The van der Waals surface area contributed by atoms with Gasteiger partial charge in [-0.2, -0.15) is 0 Å². The summed E-state index contributed by atoms with van der Waals surface area (Å²) in [6, 6.07) is 1.81. The lowest BCUT2D eigenvalue weighted by atomic mass is 9.99. The second-order valence-electron chi connectivity index (χ2n) is 5.09. The standard InChI is InChI=1S/C14H15BrN4O/c1-10-17-2-3-18(10)7-11-8-19(9-11)14(20)12-4-13(15)6-16-5-12/h2-6,11H,7-9H2,1H3. The van der Waals surface area contributed by atoms with Crippen LogP contribution in [0.3, 0.4) is 0 Å². The first-order valence-corrected chi connectivity index (χ1v) is 7.30. The number of carbonyl (C=O) groups excluding carboxylic acids is 1. The van der Waals surface area contributed by atoms with Crippen LogP contribution in [0, 0.1) is 12.8 Å². The van der Waals surface area contributed by atoms with E-state index in [1.54, 1.807) is 12.4 Å². The Balaban J connectivity index is 1.58. The zero-order valence-electron chi connectivity index (χ0n) is 11.2. The molecular formula is C14H15BrN4O. The molecule has 0 aliphatic carbocycles. The molecule has 1 amide bonds. The van der Waals surface area contributed by atoms with Crippen LogP contribution in [0.2, 0.25) is 0 Å². The van der Waals surface area contributed by atoms with Gasteiger partial charge in [0, 0.05) is 54.8 Å². The van der Waals surface area contributed by atoms with Crippen LogP contribution >= 0.6 is 15.9 Å². The summed E-state index contributed by atoms with van der Waals surface area (Å²) in [5, 5.41) is 0. The van der Waals surface area contributed by atoms with Gasteiger partial charge < -0.3 is 9.47 Å². The number of pyridine rings is 1. The van der Waals surface area contributed by atoms with Crippen molar-refractivity contribution in [1.82, 2.24) is 19.4 Å². The van der Waals surface area contributed by atoms with Crippen LogP contribution in [0.15, 0.2) is 35.3 Å². The number of aromatic nitrogens is 3. The molecule has 3 rings (SSSR count). The number of hydrogen-bond acceptors (Lipinski definition) is 3. The molecule has 0 bridgehead atoms. The Morgan fingerprint density at radius 1 is 1.45 bits per heavy atom. The molecule has 2 aromatic rings. The molecule has 6 heteroatoms. The topological polar surface area (TPSA) is 51.0 Å². The molecule has 2 aromatic heterocycles. The van der Waals surface area contributed by atoms with E-state index in [9.17, 15) is 4.79 Å². The molecule has 0 spiro atoms. The average Bonchev–Trinajstić information content (AvgIpc) is 2.78. The number of likely N-dealkylation sites (tertiary alicyclic amines) is 1. The van der Waals surface area contributed by atoms with E-state index in [4.69, 9.17) is 0 Å². The highest BCUT2D eigenvalue weighted by molar-refractivity contribution is 9.10. The largest absolute Gasteiger partial charge is 0.338 e. The van der Waals surface area contributed by atoms with Gasteiger partial charge in [-0.3, -0.25) is 9.78 Å². The van der Waals surface area contributed by atoms with Gasteiger partial charge in [-0.15, -0.1) is 0 Å². The van der Waals surface area contributed by atoms with Gasteiger partial charge in [0.25, 0.3) is 5.91 Å². The van der Waals surface area contributed by atoms with Gasteiger partial charge in [0.15, 0.2) is 0 Å². The Morgan fingerprint density at radius 2 is 2.25 bits per heavy atom. The lowest BCUT2D eigenvalue weighted by Crippen LogP contribution is -2.51. The molecule has 3 heterocycles. The van der Waals surface area contributed by atoms with Crippen LogP contribution < -0.4 is 0 Å². The number of halogens is 1. The van der Waals surface area contributed by atoms with Crippen molar-refractivity contribution in [3.05, 3.63) is 46.7 Å². The minimum absolute atomic E-state index is 0.0532. The summed E-state index contributed by atoms with van der Waals surface area (Å²) in [7, 11) is 0. The number of aryl methyl sites for hydroxylation is 1. The van der Waals surface area contributed by atoms with Crippen molar-refractivity contribution in [2.24, 2.45) is 5.92 Å². The molecule has 0 N–H and O–H groups in total. The molecule has 1 fully saturated rings. The van der Waals surface area contributed by atoms with E-state index in [-0.39, 0.29) is 5.91 Å². The van der Waals surface area contributed by atoms with Crippen molar-refractivity contribution < 1.29 is 4.79 Å². The lowest BCUT2D eigenvalue weighted by Gasteiger charge is -2.39. The van der Waals surface area contributed by atoms with Gasteiger partial charge in [-0.05, 0) is 28.9 Å². The molecule has 1 aliphatic heterocycles. The van der Waals surface area contributed by atoms with Crippen LogP contribution in [0.4, 0.5) is 0 Å². The van der Waals surface area contributed by atoms with E-state index < -0.39 is 0 Å². The minimum Gasteiger partial charge on any atom is -0.338 e. The molecule has 1 saturated heterocycles. The van der Waals surface area contributed by atoms with Crippen LogP contribution in [-0.2, 0) is 6.54 Å². The molecular weight excluding hydrogens is 320 g/mol. The van der Waals surface area contributed by atoms with Crippen LogP contribution in [0.1, 0.15) is 16.2 Å². The number of imidazole rings is 1. The summed E-state index contributed by atoms with van der Waals surface area (Å²) in [4.78, 5) is 22.3. The summed E-state index contributed by atoms with van der Waals surface area (Å²) < 4.78 is 2.96.